The molecular formula is C13H20N2O4S. The summed E-state index contributed by atoms with van der Waals surface area (Å²) < 4.78 is 29.2. The van der Waals surface area contributed by atoms with E-state index < -0.39 is 21.5 Å². The molecule has 0 unspecified atom stereocenters. The Labute approximate surface area is 119 Å². The van der Waals surface area contributed by atoms with Crippen LogP contribution < -0.4 is 11.1 Å². The molecule has 1 aromatic carbocycles. The molecule has 1 rings (SSSR count). The van der Waals surface area contributed by atoms with Crippen molar-refractivity contribution in [1.29, 1.82) is 0 Å². The first-order valence-corrected chi connectivity index (χ1v) is 7.87. The molecule has 0 atom stereocenters. The number of sulfone groups is 1. The molecular weight excluding hydrogens is 280 g/mol. The Morgan fingerprint density at radius 1 is 1.40 bits per heavy atom. The molecule has 0 fully saturated rings. The highest BCUT2D eigenvalue weighted by molar-refractivity contribution is 7.92. The van der Waals surface area contributed by atoms with Crippen LogP contribution in [0.5, 0.6) is 0 Å². The van der Waals surface area contributed by atoms with Gasteiger partial charge in [0.2, 0.25) is 5.91 Å². The number of nitrogens with two attached hydrogens (primary N) is 1. The summed E-state index contributed by atoms with van der Waals surface area (Å²) in [6.07, 6.45) is 0.638. The maximum absolute atomic E-state index is 12.2. The van der Waals surface area contributed by atoms with E-state index >= 15 is 0 Å². The van der Waals surface area contributed by atoms with Crippen LogP contribution in [0.2, 0.25) is 0 Å². The number of methoxy groups -OCH3 is 1. The molecule has 0 radical (unpaired) electrons. The maximum Gasteiger partial charge on any atom is 0.235 e. The number of ether oxygens (including phenoxy) is 1. The van der Waals surface area contributed by atoms with E-state index in [1.54, 1.807) is 26.2 Å². The molecule has 0 saturated carbocycles. The number of rotatable bonds is 7. The third kappa shape index (κ3) is 4.50. The average Bonchev–Trinajstić information content (AvgIpc) is 2.37. The molecule has 0 aliphatic carbocycles. The van der Waals surface area contributed by atoms with Crippen molar-refractivity contribution in [3.63, 3.8) is 0 Å². The van der Waals surface area contributed by atoms with E-state index in [1.807, 2.05) is 0 Å². The molecule has 0 heterocycles. The number of carbonyl (C=O) groups excluding carboxylic acids is 1. The summed E-state index contributed by atoms with van der Waals surface area (Å²) in [5.41, 5.74) is 6.55. The van der Waals surface area contributed by atoms with Crippen molar-refractivity contribution < 1.29 is 17.9 Å². The van der Waals surface area contributed by atoms with Crippen LogP contribution in [0.1, 0.15) is 12.0 Å². The second-order valence-electron chi connectivity index (χ2n) is 4.43. The number of nitrogens with one attached hydrogen (secondary N) is 1. The van der Waals surface area contributed by atoms with Gasteiger partial charge in [0.1, 0.15) is 5.75 Å². The van der Waals surface area contributed by atoms with Gasteiger partial charge in [-0.25, -0.2) is 8.42 Å². The van der Waals surface area contributed by atoms with E-state index in [9.17, 15) is 13.2 Å². The van der Waals surface area contributed by atoms with Crippen LogP contribution in [0.15, 0.2) is 23.1 Å². The van der Waals surface area contributed by atoms with E-state index in [-0.39, 0.29) is 4.90 Å². The molecule has 6 nitrogen and oxygen atoms in total. The van der Waals surface area contributed by atoms with Gasteiger partial charge in [-0.3, -0.25) is 4.79 Å². The van der Waals surface area contributed by atoms with Gasteiger partial charge in [0.15, 0.2) is 9.84 Å². The fraction of sp³-hybridized carbons (Fsp3) is 0.462. The highest BCUT2D eigenvalue weighted by Gasteiger charge is 2.21. The van der Waals surface area contributed by atoms with Crippen LogP contribution in [0.4, 0.5) is 5.69 Å². The molecule has 0 spiro atoms. The minimum absolute atomic E-state index is 0.101. The van der Waals surface area contributed by atoms with Crippen molar-refractivity contribution >= 4 is 21.4 Å². The second-order valence-corrected chi connectivity index (χ2v) is 6.38. The lowest BCUT2D eigenvalue weighted by Gasteiger charge is -2.10. The molecule has 7 heteroatoms. The summed E-state index contributed by atoms with van der Waals surface area (Å²) in [7, 11) is -2.11. The van der Waals surface area contributed by atoms with Gasteiger partial charge in [-0.15, -0.1) is 0 Å². The summed E-state index contributed by atoms with van der Waals surface area (Å²) >= 11 is 0. The molecule has 0 aromatic heterocycles. The van der Waals surface area contributed by atoms with Crippen LogP contribution in [0.3, 0.4) is 0 Å². The van der Waals surface area contributed by atoms with Gasteiger partial charge >= 0.3 is 0 Å². The number of carbonyl (C=O) groups is 1. The first-order valence-electron chi connectivity index (χ1n) is 6.22. The molecule has 0 aliphatic heterocycles. The maximum atomic E-state index is 12.2. The lowest BCUT2D eigenvalue weighted by Crippen LogP contribution is -2.31. The lowest BCUT2D eigenvalue weighted by molar-refractivity contribution is -0.118. The largest absolute Gasteiger partial charge is 0.398 e. The Balaban J connectivity index is 2.70. The summed E-state index contributed by atoms with van der Waals surface area (Å²) in [6.45, 7) is 2.53. The molecule has 3 N–H and O–H groups in total. The summed E-state index contributed by atoms with van der Waals surface area (Å²) in [5, 5.41) is 2.55. The Bertz CT molecular complexity index is 570. The zero-order chi connectivity index (χ0) is 15.2. The van der Waals surface area contributed by atoms with E-state index in [2.05, 4.69) is 5.32 Å². The molecule has 1 aromatic rings. The lowest BCUT2D eigenvalue weighted by atomic mass is 10.2. The fourth-order valence-corrected chi connectivity index (χ4v) is 3.19. The monoisotopic (exact) mass is 300 g/mol. The number of hydrogen-bond donors (Lipinski definition) is 2. The van der Waals surface area contributed by atoms with E-state index in [0.29, 0.717) is 30.8 Å². The minimum atomic E-state index is -3.68. The summed E-state index contributed by atoms with van der Waals surface area (Å²) in [5.74, 6) is -1.10. The van der Waals surface area contributed by atoms with Crippen molar-refractivity contribution in [3.8, 4) is 0 Å². The number of benzene rings is 1. The SMILES string of the molecule is COCCCNC(=O)CS(=O)(=O)c1cccc(N)c1C. The highest BCUT2D eigenvalue weighted by Crippen LogP contribution is 2.21. The topological polar surface area (TPSA) is 98.5 Å². The van der Waals surface area contributed by atoms with Crippen LogP contribution >= 0.6 is 0 Å². The third-order valence-electron chi connectivity index (χ3n) is 2.83. The standard InChI is InChI=1S/C13H20N2O4S/c1-10-11(14)5-3-6-12(10)20(17,18)9-13(16)15-7-4-8-19-2/h3,5-6H,4,7-9,14H2,1-2H3,(H,15,16). The molecule has 20 heavy (non-hydrogen) atoms. The molecule has 1 amide bonds. The van der Waals surface area contributed by atoms with E-state index in [0.717, 1.165) is 0 Å². The van der Waals surface area contributed by atoms with Gasteiger partial charge < -0.3 is 15.8 Å². The first kappa shape index (κ1) is 16.5. The van der Waals surface area contributed by atoms with E-state index in [4.69, 9.17) is 10.5 Å². The Morgan fingerprint density at radius 2 is 2.10 bits per heavy atom. The third-order valence-corrected chi connectivity index (χ3v) is 4.58. The summed E-state index contributed by atoms with van der Waals surface area (Å²) in [4.78, 5) is 11.7. The van der Waals surface area contributed by atoms with Gasteiger partial charge in [-0.1, -0.05) is 6.07 Å². The zero-order valence-electron chi connectivity index (χ0n) is 11.7. The Morgan fingerprint density at radius 3 is 2.75 bits per heavy atom. The van der Waals surface area contributed by atoms with Gasteiger partial charge in [0.25, 0.3) is 0 Å². The van der Waals surface area contributed by atoms with E-state index in [1.165, 1.54) is 6.07 Å². The fourth-order valence-electron chi connectivity index (χ4n) is 1.71. The number of hydrogen-bond acceptors (Lipinski definition) is 5. The smallest absolute Gasteiger partial charge is 0.235 e. The van der Waals surface area contributed by atoms with Crippen molar-refractivity contribution in [1.82, 2.24) is 5.32 Å². The normalized spacial score (nSPS) is 11.3. The second kappa shape index (κ2) is 7.25. The predicted molar refractivity (Wildman–Crippen MR) is 77.1 cm³/mol. The number of anilines is 1. The highest BCUT2D eigenvalue weighted by atomic mass is 32.2. The Kier molecular flexibility index (Phi) is 5.97. The van der Waals surface area contributed by atoms with Crippen LogP contribution in [-0.4, -0.2) is 40.3 Å². The van der Waals surface area contributed by atoms with Gasteiger partial charge in [-0.05, 0) is 31.0 Å². The molecule has 0 aliphatic rings. The van der Waals surface area contributed by atoms with Gasteiger partial charge in [-0.2, -0.15) is 0 Å². The van der Waals surface area contributed by atoms with Gasteiger partial charge in [0, 0.05) is 25.9 Å². The van der Waals surface area contributed by atoms with Crippen LogP contribution in [0.25, 0.3) is 0 Å². The van der Waals surface area contributed by atoms with Crippen LogP contribution in [-0.2, 0) is 19.4 Å². The number of amides is 1. The average molecular weight is 300 g/mol. The molecule has 0 saturated heterocycles. The zero-order valence-corrected chi connectivity index (χ0v) is 12.5. The van der Waals surface area contributed by atoms with Gasteiger partial charge in [0.05, 0.1) is 4.90 Å². The predicted octanol–water partition coefficient (Wildman–Crippen LogP) is 0.504. The molecule has 0 bridgehead atoms. The summed E-state index contributed by atoms with van der Waals surface area (Å²) in [6, 6.07) is 4.64. The van der Waals surface area contributed by atoms with Crippen molar-refractivity contribution in [2.45, 2.75) is 18.2 Å². The quantitative estimate of drug-likeness (QED) is 0.564. The van der Waals surface area contributed by atoms with Crippen molar-refractivity contribution in [2.75, 3.05) is 31.7 Å². The molecule has 112 valence electrons. The van der Waals surface area contributed by atoms with Crippen molar-refractivity contribution in [3.05, 3.63) is 23.8 Å². The number of nitrogen functional groups attached to an aromatic ring is 1. The minimum Gasteiger partial charge on any atom is -0.398 e. The Hall–Kier alpha value is -1.60. The van der Waals surface area contributed by atoms with Crippen molar-refractivity contribution in [2.24, 2.45) is 0 Å². The first-order chi connectivity index (χ1) is 9.38. The van der Waals surface area contributed by atoms with Crippen LogP contribution in [0, 0.1) is 6.92 Å².